The van der Waals surface area contributed by atoms with E-state index in [2.05, 4.69) is 17.6 Å². The van der Waals surface area contributed by atoms with Gasteiger partial charge in [-0.2, -0.15) is 0 Å². The lowest BCUT2D eigenvalue weighted by Gasteiger charge is -2.16. The molecule has 2 rings (SSSR count). The topological polar surface area (TPSA) is 54.9 Å². The number of halogens is 1. The molecule has 1 fully saturated rings. The number of hydrogen-bond donors (Lipinski definition) is 2. The monoisotopic (exact) mass is 365 g/mol. The van der Waals surface area contributed by atoms with Crippen molar-refractivity contribution in [2.75, 3.05) is 46.6 Å². The zero-order valence-corrected chi connectivity index (χ0v) is 16.0. The van der Waals surface area contributed by atoms with Crippen molar-refractivity contribution >= 4 is 5.96 Å². The molecule has 1 aromatic carbocycles. The molecular formula is C20H32FN3O2. The van der Waals surface area contributed by atoms with Crippen LogP contribution in [0, 0.1) is 5.82 Å². The van der Waals surface area contributed by atoms with Gasteiger partial charge in [0.05, 0.1) is 19.8 Å². The molecule has 1 aliphatic rings. The van der Waals surface area contributed by atoms with Crippen LogP contribution in [0.5, 0.6) is 0 Å². The third-order valence-electron chi connectivity index (χ3n) is 4.61. The molecule has 146 valence electrons. The molecule has 0 aromatic heterocycles. The lowest BCUT2D eigenvalue weighted by molar-refractivity contribution is 0.0689. The second kappa shape index (κ2) is 11.1. The summed E-state index contributed by atoms with van der Waals surface area (Å²) in [5.41, 5.74) is 1.07. The molecule has 0 radical (unpaired) electrons. The summed E-state index contributed by atoms with van der Waals surface area (Å²) in [5, 5.41) is 6.65. The van der Waals surface area contributed by atoms with Crippen LogP contribution in [0.25, 0.3) is 0 Å². The first kappa shape index (κ1) is 20.6. The summed E-state index contributed by atoms with van der Waals surface area (Å²) in [7, 11) is 1.68. The minimum absolute atomic E-state index is 0.0135. The molecule has 0 aliphatic heterocycles. The number of rotatable bonds is 12. The van der Waals surface area contributed by atoms with Gasteiger partial charge in [0.2, 0.25) is 0 Å². The lowest BCUT2D eigenvalue weighted by Crippen LogP contribution is -2.38. The Bertz CT molecular complexity index is 562. The smallest absolute Gasteiger partial charge is 0.191 e. The van der Waals surface area contributed by atoms with Gasteiger partial charge in [-0.25, -0.2) is 4.39 Å². The Morgan fingerprint density at radius 2 is 2.04 bits per heavy atom. The summed E-state index contributed by atoms with van der Waals surface area (Å²) in [6, 6.07) is 6.93. The Kier molecular flexibility index (Phi) is 8.85. The zero-order valence-electron chi connectivity index (χ0n) is 16.0. The van der Waals surface area contributed by atoms with E-state index in [0.717, 1.165) is 56.9 Å². The molecule has 0 amide bonds. The number of benzene rings is 1. The Morgan fingerprint density at radius 3 is 2.73 bits per heavy atom. The minimum Gasteiger partial charge on any atom is -0.382 e. The predicted octanol–water partition coefficient (Wildman–Crippen LogP) is 2.86. The average Bonchev–Trinajstić information content (AvgIpc) is 3.43. The van der Waals surface area contributed by atoms with Gasteiger partial charge in [0.1, 0.15) is 5.82 Å². The molecule has 0 spiro atoms. The molecule has 5 nitrogen and oxygen atoms in total. The number of guanidine groups is 1. The van der Waals surface area contributed by atoms with Crippen LogP contribution in [-0.4, -0.2) is 52.5 Å². The summed E-state index contributed by atoms with van der Waals surface area (Å²) in [6.07, 6.45) is 4.16. The summed E-state index contributed by atoms with van der Waals surface area (Å²) in [4.78, 5) is 4.74. The maximum absolute atomic E-state index is 13.5. The second-order valence-electron chi connectivity index (χ2n) is 6.72. The van der Waals surface area contributed by atoms with E-state index in [1.165, 1.54) is 6.07 Å². The number of aliphatic imine (C=N–C) groups is 1. The van der Waals surface area contributed by atoms with E-state index in [4.69, 9.17) is 14.5 Å². The van der Waals surface area contributed by atoms with Gasteiger partial charge < -0.3 is 20.1 Å². The number of nitrogens with zero attached hydrogens (tertiary/aromatic N) is 1. The summed E-state index contributed by atoms with van der Waals surface area (Å²) < 4.78 is 23.9. The molecule has 0 unspecified atom stereocenters. The first-order valence-electron chi connectivity index (χ1n) is 9.55. The second-order valence-corrected chi connectivity index (χ2v) is 6.72. The molecular weight excluding hydrogens is 333 g/mol. The fourth-order valence-electron chi connectivity index (χ4n) is 2.86. The van der Waals surface area contributed by atoms with E-state index in [-0.39, 0.29) is 11.2 Å². The van der Waals surface area contributed by atoms with Crippen LogP contribution < -0.4 is 10.6 Å². The zero-order chi connectivity index (χ0) is 18.7. The quantitative estimate of drug-likeness (QED) is 0.340. The van der Waals surface area contributed by atoms with Gasteiger partial charge in [0, 0.05) is 32.2 Å². The van der Waals surface area contributed by atoms with Crippen LogP contribution in [0.3, 0.4) is 0 Å². The van der Waals surface area contributed by atoms with Gasteiger partial charge in [-0.15, -0.1) is 0 Å². The van der Waals surface area contributed by atoms with Crippen molar-refractivity contribution in [3.8, 4) is 0 Å². The third-order valence-corrected chi connectivity index (χ3v) is 4.61. The highest BCUT2D eigenvalue weighted by atomic mass is 19.1. The predicted molar refractivity (Wildman–Crippen MR) is 103 cm³/mol. The van der Waals surface area contributed by atoms with E-state index >= 15 is 0 Å². The van der Waals surface area contributed by atoms with Crippen molar-refractivity contribution in [1.29, 1.82) is 0 Å². The molecule has 2 N–H and O–H groups in total. The molecule has 0 saturated heterocycles. The standard InChI is InChI=1S/C20H32FN3O2/c1-3-22-19(23-11-4-5-12-26-14-13-25-2)24-16-20(9-10-20)17-7-6-8-18(21)15-17/h6-8,15H,3-5,9-14,16H2,1-2H3,(H2,22,23,24). The van der Waals surface area contributed by atoms with E-state index < -0.39 is 0 Å². The molecule has 26 heavy (non-hydrogen) atoms. The molecule has 0 atom stereocenters. The Labute approximate surface area is 156 Å². The maximum Gasteiger partial charge on any atom is 0.191 e. The SMILES string of the molecule is CCNC(=NCC1(c2cccc(F)c2)CC1)NCCCCOCCOC. The van der Waals surface area contributed by atoms with Gasteiger partial charge in [-0.1, -0.05) is 12.1 Å². The van der Waals surface area contributed by atoms with Gasteiger partial charge in [0.25, 0.3) is 0 Å². The van der Waals surface area contributed by atoms with E-state index in [9.17, 15) is 4.39 Å². The van der Waals surface area contributed by atoms with Crippen molar-refractivity contribution in [2.45, 2.75) is 38.0 Å². The van der Waals surface area contributed by atoms with Crippen molar-refractivity contribution in [3.05, 3.63) is 35.6 Å². The molecule has 1 saturated carbocycles. The normalized spacial score (nSPS) is 15.7. The van der Waals surface area contributed by atoms with Crippen LogP contribution in [0.2, 0.25) is 0 Å². The fourth-order valence-corrected chi connectivity index (χ4v) is 2.86. The third kappa shape index (κ3) is 6.92. The van der Waals surface area contributed by atoms with Gasteiger partial charge in [-0.05, 0) is 50.3 Å². The van der Waals surface area contributed by atoms with E-state index in [1.54, 1.807) is 19.2 Å². The first-order valence-corrected chi connectivity index (χ1v) is 9.55. The van der Waals surface area contributed by atoms with Crippen molar-refractivity contribution in [2.24, 2.45) is 4.99 Å². The van der Waals surface area contributed by atoms with Gasteiger partial charge in [-0.3, -0.25) is 4.99 Å². The highest BCUT2D eigenvalue weighted by Crippen LogP contribution is 2.48. The highest BCUT2D eigenvalue weighted by Gasteiger charge is 2.44. The van der Waals surface area contributed by atoms with Crippen molar-refractivity contribution in [1.82, 2.24) is 10.6 Å². The molecule has 6 heteroatoms. The summed E-state index contributed by atoms with van der Waals surface area (Å²) in [5.74, 6) is 0.658. The fraction of sp³-hybridized carbons (Fsp3) is 0.650. The molecule has 0 bridgehead atoms. The maximum atomic E-state index is 13.5. The van der Waals surface area contributed by atoms with Crippen molar-refractivity contribution < 1.29 is 13.9 Å². The number of ether oxygens (including phenoxy) is 2. The van der Waals surface area contributed by atoms with E-state index in [0.29, 0.717) is 19.8 Å². The Hall–Kier alpha value is -1.66. The largest absolute Gasteiger partial charge is 0.382 e. The Balaban J connectivity index is 1.74. The molecule has 0 heterocycles. The minimum atomic E-state index is -0.171. The van der Waals surface area contributed by atoms with Crippen LogP contribution in [0.15, 0.2) is 29.3 Å². The summed E-state index contributed by atoms with van der Waals surface area (Å²) >= 11 is 0. The number of unbranched alkanes of at least 4 members (excludes halogenated alkanes) is 1. The lowest BCUT2D eigenvalue weighted by atomic mass is 9.96. The number of methoxy groups -OCH3 is 1. The number of hydrogen-bond acceptors (Lipinski definition) is 3. The van der Waals surface area contributed by atoms with Crippen LogP contribution in [0.4, 0.5) is 4.39 Å². The summed E-state index contributed by atoms with van der Waals surface area (Å²) in [6.45, 7) is 6.46. The van der Waals surface area contributed by atoms with Crippen LogP contribution >= 0.6 is 0 Å². The van der Waals surface area contributed by atoms with Crippen molar-refractivity contribution in [3.63, 3.8) is 0 Å². The van der Waals surface area contributed by atoms with Gasteiger partial charge >= 0.3 is 0 Å². The highest BCUT2D eigenvalue weighted by molar-refractivity contribution is 5.79. The average molecular weight is 365 g/mol. The first-order chi connectivity index (χ1) is 12.7. The van der Waals surface area contributed by atoms with E-state index in [1.807, 2.05) is 6.07 Å². The van der Waals surface area contributed by atoms with Crippen LogP contribution in [-0.2, 0) is 14.9 Å². The molecule has 1 aromatic rings. The Morgan fingerprint density at radius 1 is 1.19 bits per heavy atom. The van der Waals surface area contributed by atoms with Gasteiger partial charge in [0.15, 0.2) is 5.96 Å². The molecule has 1 aliphatic carbocycles. The number of nitrogens with one attached hydrogen (secondary N) is 2. The van der Waals surface area contributed by atoms with Crippen LogP contribution in [0.1, 0.15) is 38.2 Å².